The number of hydrogen-bond donors (Lipinski definition) is 0. The number of carbonyl (C=O) groups is 1. The Morgan fingerprint density at radius 1 is 1.27 bits per heavy atom. The van der Waals surface area contributed by atoms with Gasteiger partial charge in [0.15, 0.2) is 5.58 Å². The van der Waals surface area contributed by atoms with Gasteiger partial charge < -0.3 is 14.1 Å². The molecule has 1 aliphatic carbocycles. The van der Waals surface area contributed by atoms with Gasteiger partial charge >= 0.3 is 12.1 Å². The maximum absolute atomic E-state index is 13.2. The van der Waals surface area contributed by atoms with Gasteiger partial charge in [0.05, 0.1) is 0 Å². The van der Waals surface area contributed by atoms with Crippen LogP contribution in [0.2, 0.25) is 0 Å². The van der Waals surface area contributed by atoms with Gasteiger partial charge in [-0.05, 0) is 54.4 Å². The highest BCUT2D eigenvalue weighted by atomic mass is 19.4. The Kier molecular flexibility index (Phi) is 4.11. The van der Waals surface area contributed by atoms with Crippen molar-refractivity contribution in [2.75, 3.05) is 13.2 Å². The Morgan fingerprint density at radius 2 is 2.03 bits per heavy atom. The quantitative estimate of drug-likeness (QED) is 0.670. The number of ether oxygens (including phenoxy) is 1. The largest absolute Gasteiger partial charge is 0.471 e. The van der Waals surface area contributed by atoms with Gasteiger partial charge in [-0.2, -0.15) is 13.2 Å². The van der Waals surface area contributed by atoms with Crippen LogP contribution in [-0.2, 0) is 21.4 Å². The van der Waals surface area contributed by atoms with E-state index < -0.39 is 23.5 Å². The van der Waals surface area contributed by atoms with Crippen molar-refractivity contribution in [1.29, 1.82) is 0 Å². The highest BCUT2D eigenvalue weighted by molar-refractivity contribution is 5.83. The SMILES string of the molecule is CC12CCN(C(=O)C(F)(F)F)[C@H](Cc3cc4oc(C5CCCO5)nc4cc31)C2(C)C. The van der Waals surface area contributed by atoms with E-state index in [0.717, 1.165) is 34.4 Å². The number of rotatable bonds is 1. The number of likely N-dealkylation sites (tertiary alicyclic amines) is 1. The Hall–Kier alpha value is -2.09. The molecule has 2 fully saturated rings. The van der Waals surface area contributed by atoms with Crippen molar-refractivity contribution in [1.82, 2.24) is 9.88 Å². The fourth-order valence-electron chi connectivity index (χ4n) is 5.67. The molecule has 2 aliphatic heterocycles. The number of aromatic nitrogens is 1. The lowest BCUT2D eigenvalue weighted by Crippen LogP contribution is -2.66. The summed E-state index contributed by atoms with van der Waals surface area (Å²) < 4.78 is 51.3. The van der Waals surface area contributed by atoms with Gasteiger partial charge in [0.1, 0.15) is 11.6 Å². The lowest BCUT2D eigenvalue weighted by Gasteiger charge is -2.60. The van der Waals surface area contributed by atoms with E-state index in [4.69, 9.17) is 9.15 Å². The maximum atomic E-state index is 13.2. The molecule has 1 aromatic heterocycles. The van der Waals surface area contributed by atoms with Crippen LogP contribution in [0.25, 0.3) is 11.1 Å². The summed E-state index contributed by atoms with van der Waals surface area (Å²) in [5.41, 5.74) is 2.52. The minimum atomic E-state index is -4.87. The topological polar surface area (TPSA) is 55.6 Å². The average Bonchev–Trinajstić information content (AvgIpc) is 3.31. The number of oxazole rings is 1. The molecule has 8 heteroatoms. The molecule has 0 radical (unpaired) electrons. The zero-order valence-electron chi connectivity index (χ0n) is 17.3. The first kappa shape index (κ1) is 19.8. The van der Waals surface area contributed by atoms with Crippen molar-refractivity contribution < 1.29 is 27.1 Å². The number of carbonyl (C=O) groups excluding carboxylic acids is 1. The molecule has 3 atom stereocenters. The molecule has 2 saturated heterocycles. The molecular formula is C22H25F3N2O3. The van der Waals surface area contributed by atoms with Crippen molar-refractivity contribution in [3.05, 3.63) is 29.2 Å². The molecule has 2 unspecified atom stereocenters. The molecule has 30 heavy (non-hydrogen) atoms. The summed E-state index contributed by atoms with van der Waals surface area (Å²) in [7, 11) is 0. The van der Waals surface area contributed by atoms with Crippen LogP contribution in [-0.4, -0.2) is 41.2 Å². The van der Waals surface area contributed by atoms with Crippen molar-refractivity contribution in [3.63, 3.8) is 0 Å². The van der Waals surface area contributed by atoms with Crippen LogP contribution in [0.3, 0.4) is 0 Å². The van der Waals surface area contributed by atoms with Crippen LogP contribution in [0, 0.1) is 5.41 Å². The molecule has 2 aromatic rings. The highest BCUT2D eigenvalue weighted by Gasteiger charge is 2.59. The van der Waals surface area contributed by atoms with E-state index in [2.05, 4.69) is 11.9 Å². The van der Waals surface area contributed by atoms with E-state index in [9.17, 15) is 18.0 Å². The third kappa shape index (κ3) is 2.65. The molecule has 3 aliphatic rings. The zero-order valence-corrected chi connectivity index (χ0v) is 17.3. The highest BCUT2D eigenvalue weighted by Crippen LogP contribution is 2.57. The van der Waals surface area contributed by atoms with E-state index in [1.807, 2.05) is 26.0 Å². The van der Waals surface area contributed by atoms with Crippen LogP contribution in [0.4, 0.5) is 13.2 Å². The third-order valence-corrected chi connectivity index (χ3v) is 7.83. The number of alkyl halides is 3. The molecule has 1 aromatic carbocycles. The van der Waals surface area contributed by atoms with Gasteiger partial charge in [0.25, 0.3) is 0 Å². The summed E-state index contributed by atoms with van der Waals surface area (Å²) >= 11 is 0. The molecule has 162 valence electrons. The van der Waals surface area contributed by atoms with Crippen molar-refractivity contribution in [2.45, 2.75) is 70.2 Å². The minimum absolute atomic E-state index is 0.0976. The van der Waals surface area contributed by atoms with Crippen LogP contribution in [0.1, 0.15) is 63.2 Å². The number of benzene rings is 1. The fraction of sp³-hybridized carbons (Fsp3) is 0.636. The van der Waals surface area contributed by atoms with Gasteiger partial charge in [0.2, 0.25) is 5.89 Å². The minimum Gasteiger partial charge on any atom is -0.438 e. The molecular weight excluding hydrogens is 397 g/mol. The Labute approximate surface area is 172 Å². The van der Waals surface area contributed by atoms with Crippen LogP contribution >= 0.6 is 0 Å². The van der Waals surface area contributed by atoms with E-state index in [0.29, 0.717) is 30.9 Å². The summed E-state index contributed by atoms with van der Waals surface area (Å²) in [6.45, 7) is 6.83. The predicted molar refractivity (Wildman–Crippen MR) is 103 cm³/mol. The Morgan fingerprint density at radius 3 is 2.70 bits per heavy atom. The van der Waals surface area contributed by atoms with Crippen molar-refractivity contribution >= 4 is 17.0 Å². The van der Waals surface area contributed by atoms with E-state index in [-0.39, 0.29) is 18.1 Å². The summed E-state index contributed by atoms with van der Waals surface area (Å²) in [6, 6.07) is 3.40. The summed E-state index contributed by atoms with van der Waals surface area (Å²) in [5.74, 6) is -1.18. The summed E-state index contributed by atoms with van der Waals surface area (Å²) in [6.07, 6.45) is -2.33. The fourth-order valence-corrected chi connectivity index (χ4v) is 5.67. The average molecular weight is 422 g/mol. The van der Waals surface area contributed by atoms with E-state index in [1.54, 1.807) is 0 Å². The summed E-state index contributed by atoms with van der Waals surface area (Å²) in [5, 5.41) is 0. The van der Waals surface area contributed by atoms with Crippen LogP contribution in [0.5, 0.6) is 0 Å². The number of piperidine rings is 1. The third-order valence-electron chi connectivity index (χ3n) is 7.83. The standard InChI is InChI=1S/C22H25F3N2O3/c1-20(2)17-10-12-9-16-14(26-18(30-16)15-5-4-8-29-15)11-13(12)21(20,3)6-7-27(17)19(28)22(23,24)25/h9,11,15,17H,4-8,10H2,1-3H3/t15?,17-,21?/m1/s1. The molecule has 5 nitrogen and oxygen atoms in total. The first-order valence-corrected chi connectivity index (χ1v) is 10.5. The van der Waals surface area contributed by atoms with E-state index in [1.165, 1.54) is 0 Å². The molecule has 3 heterocycles. The number of hydrogen-bond acceptors (Lipinski definition) is 4. The Bertz CT molecular complexity index is 1020. The first-order valence-electron chi connectivity index (χ1n) is 10.5. The van der Waals surface area contributed by atoms with Crippen LogP contribution < -0.4 is 0 Å². The normalized spacial score (nSPS) is 30.5. The summed E-state index contributed by atoms with van der Waals surface area (Å²) in [4.78, 5) is 17.8. The van der Waals surface area contributed by atoms with Gasteiger partial charge in [-0.15, -0.1) is 0 Å². The molecule has 0 spiro atoms. The van der Waals surface area contributed by atoms with Crippen LogP contribution in [0.15, 0.2) is 16.5 Å². The Balaban J connectivity index is 1.60. The maximum Gasteiger partial charge on any atom is 0.471 e. The molecule has 5 rings (SSSR count). The second kappa shape index (κ2) is 6.22. The number of halogens is 3. The van der Waals surface area contributed by atoms with Gasteiger partial charge in [-0.25, -0.2) is 4.98 Å². The number of amides is 1. The van der Waals surface area contributed by atoms with Crippen molar-refractivity contribution in [2.24, 2.45) is 5.41 Å². The van der Waals surface area contributed by atoms with E-state index >= 15 is 0 Å². The van der Waals surface area contributed by atoms with Gasteiger partial charge in [0, 0.05) is 24.6 Å². The lowest BCUT2D eigenvalue weighted by atomic mass is 9.51. The molecule has 1 amide bonds. The van der Waals surface area contributed by atoms with Crippen molar-refractivity contribution in [3.8, 4) is 0 Å². The zero-order chi connectivity index (χ0) is 21.5. The molecule has 0 saturated carbocycles. The predicted octanol–water partition coefficient (Wildman–Crippen LogP) is 4.68. The second-order valence-electron chi connectivity index (χ2n) is 9.55. The number of fused-ring (bicyclic) bond motifs is 5. The smallest absolute Gasteiger partial charge is 0.438 e. The molecule has 2 bridgehead atoms. The van der Waals surface area contributed by atoms with Gasteiger partial charge in [-0.1, -0.05) is 20.8 Å². The second-order valence-corrected chi connectivity index (χ2v) is 9.55. The van der Waals surface area contributed by atoms with Gasteiger partial charge in [-0.3, -0.25) is 4.79 Å². The first-order chi connectivity index (χ1) is 14.0. The molecule has 0 N–H and O–H groups in total. The number of nitrogens with zero attached hydrogens (tertiary/aromatic N) is 2. The lowest BCUT2D eigenvalue weighted by molar-refractivity contribution is -0.195. The monoisotopic (exact) mass is 422 g/mol.